The molecule has 1 aromatic carbocycles. The molecule has 0 bridgehead atoms. The van der Waals surface area contributed by atoms with Gasteiger partial charge in [-0.2, -0.15) is 0 Å². The SMILES string of the molecule is Cc1c(CNC(C)C2CCOCC2)cccc1[N+](=O)[O-]. The van der Waals surface area contributed by atoms with Crippen molar-refractivity contribution in [1.29, 1.82) is 0 Å². The van der Waals surface area contributed by atoms with E-state index in [1.807, 2.05) is 13.0 Å². The fraction of sp³-hybridized carbons (Fsp3) is 0.600. The zero-order chi connectivity index (χ0) is 14.5. The van der Waals surface area contributed by atoms with E-state index in [2.05, 4.69) is 12.2 Å². The number of nitro groups is 1. The number of nitrogens with one attached hydrogen (secondary N) is 1. The highest BCUT2D eigenvalue weighted by Crippen LogP contribution is 2.22. The molecule has 110 valence electrons. The van der Waals surface area contributed by atoms with Crippen molar-refractivity contribution in [2.75, 3.05) is 13.2 Å². The van der Waals surface area contributed by atoms with E-state index in [-0.39, 0.29) is 10.6 Å². The summed E-state index contributed by atoms with van der Waals surface area (Å²) in [6.07, 6.45) is 2.17. The summed E-state index contributed by atoms with van der Waals surface area (Å²) in [6.45, 7) is 6.35. The van der Waals surface area contributed by atoms with Crippen molar-refractivity contribution in [2.45, 2.75) is 39.3 Å². The first-order chi connectivity index (χ1) is 9.59. The van der Waals surface area contributed by atoms with Crippen LogP contribution in [0.3, 0.4) is 0 Å². The van der Waals surface area contributed by atoms with Crippen LogP contribution in [0.2, 0.25) is 0 Å². The van der Waals surface area contributed by atoms with Crippen molar-refractivity contribution in [3.63, 3.8) is 0 Å². The Balaban J connectivity index is 1.96. The van der Waals surface area contributed by atoms with Crippen LogP contribution in [0.1, 0.15) is 30.9 Å². The van der Waals surface area contributed by atoms with Crippen LogP contribution in [0.25, 0.3) is 0 Å². The highest BCUT2D eigenvalue weighted by atomic mass is 16.6. The van der Waals surface area contributed by atoms with E-state index in [1.165, 1.54) is 0 Å². The third kappa shape index (κ3) is 3.55. The summed E-state index contributed by atoms with van der Waals surface area (Å²) in [7, 11) is 0. The Morgan fingerprint density at radius 2 is 2.15 bits per heavy atom. The fourth-order valence-corrected chi connectivity index (χ4v) is 2.71. The summed E-state index contributed by atoms with van der Waals surface area (Å²) in [5.74, 6) is 0.628. The van der Waals surface area contributed by atoms with Gasteiger partial charge in [0, 0.05) is 37.4 Å². The monoisotopic (exact) mass is 278 g/mol. The van der Waals surface area contributed by atoms with E-state index in [1.54, 1.807) is 12.1 Å². The Morgan fingerprint density at radius 3 is 2.80 bits per heavy atom. The highest BCUT2D eigenvalue weighted by molar-refractivity contribution is 5.44. The third-order valence-corrected chi connectivity index (χ3v) is 4.20. The molecule has 1 aliphatic rings. The van der Waals surface area contributed by atoms with Gasteiger partial charge in [-0.05, 0) is 38.2 Å². The predicted molar refractivity (Wildman–Crippen MR) is 77.7 cm³/mol. The number of benzene rings is 1. The van der Waals surface area contributed by atoms with Gasteiger partial charge < -0.3 is 10.1 Å². The van der Waals surface area contributed by atoms with Gasteiger partial charge in [-0.15, -0.1) is 0 Å². The van der Waals surface area contributed by atoms with Crippen LogP contribution in [-0.4, -0.2) is 24.2 Å². The van der Waals surface area contributed by atoms with E-state index in [9.17, 15) is 10.1 Å². The maximum absolute atomic E-state index is 10.9. The van der Waals surface area contributed by atoms with Crippen molar-refractivity contribution >= 4 is 5.69 Å². The minimum atomic E-state index is -0.319. The molecule has 20 heavy (non-hydrogen) atoms. The lowest BCUT2D eigenvalue weighted by Crippen LogP contribution is -2.36. The average molecular weight is 278 g/mol. The van der Waals surface area contributed by atoms with Crippen LogP contribution < -0.4 is 5.32 Å². The van der Waals surface area contributed by atoms with Crippen molar-refractivity contribution in [3.8, 4) is 0 Å². The smallest absolute Gasteiger partial charge is 0.272 e. The first kappa shape index (κ1) is 14.9. The molecule has 0 radical (unpaired) electrons. The first-order valence-corrected chi connectivity index (χ1v) is 7.13. The molecule has 1 unspecified atom stereocenters. The highest BCUT2D eigenvalue weighted by Gasteiger charge is 2.20. The maximum Gasteiger partial charge on any atom is 0.272 e. The molecule has 5 heteroatoms. The number of nitrogens with zero attached hydrogens (tertiary/aromatic N) is 1. The molecule has 1 N–H and O–H groups in total. The van der Waals surface area contributed by atoms with Crippen LogP contribution in [0, 0.1) is 23.0 Å². The van der Waals surface area contributed by atoms with Gasteiger partial charge in [0.1, 0.15) is 0 Å². The molecule has 0 aromatic heterocycles. The lowest BCUT2D eigenvalue weighted by Gasteiger charge is -2.28. The van der Waals surface area contributed by atoms with Gasteiger partial charge in [-0.3, -0.25) is 10.1 Å². The topological polar surface area (TPSA) is 64.4 Å². The Bertz CT molecular complexity index is 470. The molecule has 0 saturated carbocycles. The molecule has 1 aromatic rings. The van der Waals surface area contributed by atoms with Gasteiger partial charge in [0.15, 0.2) is 0 Å². The van der Waals surface area contributed by atoms with Gasteiger partial charge in [-0.1, -0.05) is 12.1 Å². The predicted octanol–water partition coefficient (Wildman–Crippen LogP) is 2.81. The summed E-state index contributed by atoms with van der Waals surface area (Å²) in [6, 6.07) is 5.66. The number of hydrogen-bond acceptors (Lipinski definition) is 4. The van der Waals surface area contributed by atoms with Crippen LogP contribution in [0.5, 0.6) is 0 Å². The Labute approximate surface area is 119 Å². The fourth-order valence-electron chi connectivity index (χ4n) is 2.71. The number of hydrogen-bond donors (Lipinski definition) is 1. The van der Waals surface area contributed by atoms with Crippen molar-refractivity contribution in [1.82, 2.24) is 5.32 Å². The molecule has 0 aliphatic carbocycles. The van der Waals surface area contributed by atoms with Gasteiger partial charge >= 0.3 is 0 Å². The van der Waals surface area contributed by atoms with Crippen LogP contribution in [-0.2, 0) is 11.3 Å². The van der Waals surface area contributed by atoms with E-state index in [0.717, 1.165) is 37.2 Å². The molecular weight excluding hydrogens is 256 g/mol. The molecule has 1 atom stereocenters. The normalized spacial score (nSPS) is 17.9. The lowest BCUT2D eigenvalue weighted by atomic mass is 9.92. The number of ether oxygens (including phenoxy) is 1. The molecule has 1 saturated heterocycles. The summed E-state index contributed by atoms with van der Waals surface area (Å²) >= 11 is 0. The molecule has 1 fully saturated rings. The molecular formula is C15H22N2O3. The standard InChI is InChI=1S/C15H22N2O3/c1-11-14(4-3-5-15(11)17(18)19)10-16-12(2)13-6-8-20-9-7-13/h3-5,12-13,16H,6-10H2,1-2H3. The number of nitro benzene ring substituents is 1. The van der Waals surface area contributed by atoms with E-state index < -0.39 is 0 Å². The first-order valence-electron chi connectivity index (χ1n) is 7.13. The lowest BCUT2D eigenvalue weighted by molar-refractivity contribution is -0.385. The Kier molecular flexibility index (Phi) is 5.09. The van der Waals surface area contributed by atoms with Crippen LogP contribution in [0.4, 0.5) is 5.69 Å². The average Bonchev–Trinajstić information content (AvgIpc) is 2.46. The van der Waals surface area contributed by atoms with E-state index >= 15 is 0 Å². The minimum absolute atomic E-state index is 0.197. The molecule has 1 heterocycles. The maximum atomic E-state index is 10.9. The zero-order valence-corrected chi connectivity index (χ0v) is 12.1. The summed E-state index contributed by atoms with van der Waals surface area (Å²) in [4.78, 5) is 10.6. The molecule has 5 nitrogen and oxygen atoms in total. The molecule has 0 amide bonds. The molecule has 0 spiro atoms. The van der Waals surface area contributed by atoms with Gasteiger partial charge in [0.2, 0.25) is 0 Å². The van der Waals surface area contributed by atoms with E-state index in [0.29, 0.717) is 18.5 Å². The van der Waals surface area contributed by atoms with Crippen LogP contribution >= 0.6 is 0 Å². The van der Waals surface area contributed by atoms with Crippen molar-refractivity contribution in [2.24, 2.45) is 5.92 Å². The van der Waals surface area contributed by atoms with Crippen molar-refractivity contribution in [3.05, 3.63) is 39.4 Å². The van der Waals surface area contributed by atoms with Gasteiger partial charge in [0.05, 0.1) is 4.92 Å². The summed E-state index contributed by atoms with van der Waals surface area (Å²) in [5.41, 5.74) is 1.95. The Hall–Kier alpha value is -1.46. The summed E-state index contributed by atoms with van der Waals surface area (Å²) < 4.78 is 5.37. The quantitative estimate of drug-likeness (QED) is 0.664. The minimum Gasteiger partial charge on any atom is -0.381 e. The second-order valence-corrected chi connectivity index (χ2v) is 5.44. The number of rotatable bonds is 5. The van der Waals surface area contributed by atoms with Crippen molar-refractivity contribution < 1.29 is 9.66 Å². The summed E-state index contributed by atoms with van der Waals surface area (Å²) in [5, 5.41) is 14.4. The van der Waals surface area contributed by atoms with Gasteiger partial charge in [-0.25, -0.2) is 0 Å². The zero-order valence-electron chi connectivity index (χ0n) is 12.1. The third-order valence-electron chi connectivity index (χ3n) is 4.20. The Morgan fingerprint density at radius 1 is 1.45 bits per heavy atom. The second-order valence-electron chi connectivity index (χ2n) is 5.44. The second kappa shape index (κ2) is 6.81. The van der Waals surface area contributed by atoms with Gasteiger partial charge in [0.25, 0.3) is 5.69 Å². The molecule has 1 aliphatic heterocycles. The largest absolute Gasteiger partial charge is 0.381 e. The van der Waals surface area contributed by atoms with Crippen LogP contribution in [0.15, 0.2) is 18.2 Å². The van der Waals surface area contributed by atoms with E-state index in [4.69, 9.17) is 4.74 Å². The molecule has 2 rings (SSSR count).